The number of benzene rings is 1. The van der Waals surface area contributed by atoms with Crippen molar-refractivity contribution in [3.8, 4) is 0 Å². The molecule has 0 spiro atoms. The van der Waals surface area contributed by atoms with Gasteiger partial charge in [-0.15, -0.1) is 0 Å². The molecule has 180 valence electrons. The van der Waals surface area contributed by atoms with Crippen LogP contribution in [0.5, 0.6) is 0 Å². The number of hydrogen-bond acceptors (Lipinski definition) is 5. The fourth-order valence-electron chi connectivity index (χ4n) is 4.96. The van der Waals surface area contributed by atoms with Gasteiger partial charge in [0.05, 0.1) is 17.9 Å². The van der Waals surface area contributed by atoms with Gasteiger partial charge >= 0.3 is 5.97 Å². The van der Waals surface area contributed by atoms with Crippen LogP contribution in [0.15, 0.2) is 42.6 Å². The fraction of sp³-hybridized carbons (Fsp3) is 0.440. The number of rotatable bonds is 7. The van der Waals surface area contributed by atoms with Crippen molar-refractivity contribution in [1.82, 2.24) is 20.5 Å². The Morgan fingerprint density at radius 3 is 2.56 bits per heavy atom. The van der Waals surface area contributed by atoms with E-state index in [0.717, 1.165) is 17.7 Å². The van der Waals surface area contributed by atoms with Crippen LogP contribution in [0.1, 0.15) is 48.5 Å². The van der Waals surface area contributed by atoms with Crippen molar-refractivity contribution in [2.45, 2.75) is 56.8 Å². The lowest BCUT2D eigenvalue weighted by atomic mass is 9.79. The van der Waals surface area contributed by atoms with E-state index >= 15 is 0 Å². The molecule has 2 heterocycles. The Kier molecular flexibility index (Phi) is 6.83. The van der Waals surface area contributed by atoms with Gasteiger partial charge < -0.3 is 25.6 Å². The number of ketones is 1. The van der Waals surface area contributed by atoms with Crippen LogP contribution in [0.3, 0.4) is 0 Å². The molecule has 2 aliphatic rings. The van der Waals surface area contributed by atoms with E-state index in [1.807, 2.05) is 16.8 Å². The van der Waals surface area contributed by atoms with Crippen LogP contribution in [0.25, 0.3) is 0 Å². The van der Waals surface area contributed by atoms with E-state index in [-0.39, 0.29) is 30.7 Å². The van der Waals surface area contributed by atoms with Crippen molar-refractivity contribution >= 4 is 23.6 Å². The molecule has 1 aromatic carbocycles. The number of nitrogens with one attached hydrogen (secondary N) is 3. The standard InChI is InChI=1S/C25H30N4O5/c1-14(26-2)23(31)27-18-9-8-16-10-11-29-13-17(12-19(30)20(18)22(16)29)24(32)28-21(25(33)34)15-6-4-3-5-7-15/h3-7,10-11,14,17-18,20-21,26H,8-9,12-13H2,1-2H3,(H,27,31)(H,28,32)(H,33,34). The van der Waals surface area contributed by atoms with Crippen LogP contribution in [-0.4, -0.2) is 52.4 Å². The maximum absolute atomic E-state index is 13.5. The molecule has 1 aromatic heterocycles. The van der Waals surface area contributed by atoms with Crippen molar-refractivity contribution in [1.29, 1.82) is 0 Å². The van der Waals surface area contributed by atoms with Gasteiger partial charge in [0.25, 0.3) is 0 Å². The number of aliphatic carboxylic acids is 1. The van der Waals surface area contributed by atoms with Crippen LogP contribution in [0.4, 0.5) is 0 Å². The van der Waals surface area contributed by atoms with E-state index in [1.165, 1.54) is 0 Å². The SMILES string of the molecule is CNC(C)C(=O)NC1CCc2ccn3c2C1C(=O)CC(C(=O)NC(C(=O)O)c1ccccc1)C3. The highest BCUT2D eigenvalue weighted by Gasteiger charge is 2.42. The average molecular weight is 467 g/mol. The third-order valence-corrected chi connectivity index (χ3v) is 6.92. The number of nitrogens with zero attached hydrogens (tertiary/aromatic N) is 1. The van der Waals surface area contributed by atoms with E-state index in [1.54, 1.807) is 44.3 Å². The fourth-order valence-corrected chi connectivity index (χ4v) is 4.96. The van der Waals surface area contributed by atoms with Crippen molar-refractivity contribution in [2.24, 2.45) is 5.92 Å². The van der Waals surface area contributed by atoms with Crippen molar-refractivity contribution in [3.05, 3.63) is 59.4 Å². The molecule has 1 aliphatic carbocycles. The van der Waals surface area contributed by atoms with E-state index in [4.69, 9.17) is 0 Å². The topological polar surface area (TPSA) is 130 Å². The molecular formula is C25H30N4O5. The van der Waals surface area contributed by atoms with E-state index in [0.29, 0.717) is 12.0 Å². The second-order valence-electron chi connectivity index (χ2n) is 9.08. The van der Waals surface area contributed by atoms with Gasteiger partial charge in [-0.25, -0.2) is 4.79 Å². The summed E-state index contributed by atoms with van der Waals surface area (Å²) in [6.45, 7) is 2.03. The Labute approximate surface area is 197 Å². The summed E-state index contributed by atoms with van der Waals surface area (Å²) in [5.74, 6) is -3.18. The quantitative estimate of drug-likeness (QED) is 0.484. The molecule has 0 saturated heterocycles. The van der Waals surface area contributed by atoms with E-state index in [9.17, 15) is 24.3 Å². The van der Waals surface area contributed by atoms with Crippen LogP contribution < -0.4 is 16.0 Å². The minimum atomic E-state index is -1.20. The highest BCUT2D eigenvalue weighted by Crippen LogP contribution is 2.38. The summed E-state index contributed by atoms with van der Waals surface area (Å²) in [6, 6.07) is 8.51. The summed E-state index contributed by atoms with van der Waals surface area (Å²) in [5.41, 5.74) is 2.37. The zero-order valence-electron chi connectivity index (χ0n) is 19.3. The maximum Gasteiger partial charge on any atom is 0.330 e. The number of amides is 2. The normalized spacial score (nSPS) is 23.2. The Balaban J connectivity index is 1.57. The van der Waals surface area contributed by atoms with Gasteiger partial charge in [-0.05, 0) is 44.0 Å². The Bertz CT molecular complexity index is 1100. The van der Waals surface area contributed by atoms with E-state index in [2.05, 4.69) is 16.0 Å². The third-order valence-electron chi connectivity index (χ3n) is 6.92. The zero-order valence-corrected chi connectivity index (χ0v) is 19.3. The number of hydrogen-bond donors (Lipinski definition) is 4. The van der Waals surface area contributed by atoms with Gasteiger partial charge in [0.1, 0.15) is 5.78 Å². The van der Waals surface area contributed by atoms with Gasteiger partial charge in [0.2, 0.25) is 11.8 Å². The first-order chi connectivity index (χ1) is 16.3. The van der Waals surface area contributed by atoms with E-state index < -0.39 is 35.8 Å². The second-order valence-corrected chi connectivity index (χ2v) is 9.08. The molecule has 0 bridgehead atoms. The van der Waals surface area contributed by atoms with Crippen molar-refractivity contribution in [2.75, 3.05) is 7.05 Å². The molecule has 5 unspecified atom stereocenters. The maximum atomic E-state index is 13.5. The monoisotopic (exact) mass is 466 g/mol. The summed E-state index contributed by atoms with van der Waals surface area (Å²) in [7, 11) is 1.70. The molecular weight excluding hydrogens is 436 g/mol. The molecule has 1 aliphatic heterocycles. The molecule has 2 aromatic rings. The molecule has 4 N–H and O–H groups in total. The number of Topliss-reactive ketones (excluding diaryl/α,β-unsaturated/α-hetero) is 1. The van der Waals surface area contributed by atoms with Crippen LogP contribution in [0, 0.1) is 5.92 Å². The van der Waals surface area contributed by atoms with Gasteiger partial charge in [0, 0.05) is 30.9 Å². The minimum absolute atomic E-state index is 0.0211. The zero-order chi connectivity index (χ0) is 24.4. The summed E-state index contributed by atoms with van der Waals surface area (Å²) in [6.07, 6.45) is 3.23. The number of carbonyl (C=O) groups excluding carboxylic acids is 3. The third kappa shape index (κ3) is 4.61. The Hall–Kier alpha value is -3.46. The first kappa shape index (κ1) is 23.7. The van der Waals surface area contributed by atoms with Crippen molar-refractivity contribution < 1.29 is 24.3 Å². The van der Waals surface area contributed by atoms with Gasteiger partial charge in [-0.1, -0.05) is 30.3 Å². The predicted octanol–water partition coefficient (Wildman–Crippen LogP) is 1.14. The highest BCUT2D eigenvalue weighted by molar-refractivity contribution is 5.94. The highest BCUT2D eigenvalue weighted by atomic mass is 16.4. The Morgan fingerprint density at radius 2 is 1.88 bits per heavy atom. The summed E-state index contributed by atoms with van der Waals surface area (Å²) in [5, 5.41) is 18.2. The molecule has 34 heavy (non-hydrogen) atoms. The van der Waals surface area contributed by atoms with Crippen molar-refractivity contribution in [3.63, 3.8) is 0 Å². The lowest BCUT2D eigenvalue weighted by molar-refractivity contribution is -0.143. The smallest absolute Gasteiger partial charge is 0.330 e. The lowest BCUT2D eigenvalue weighted by Gasteiger charge is -2.32. The largest absolute Gasteiger partial charge is 0.479 e. The number of likely N-dealkylation sites (N-methyl/N-ethyl adjacent to an activating group) is 1. The van der Waals surface area contributed by atoms with Gasteiger partial charge in [0.15, 0.2) is 6.04 Å². The molecule has 5 atom stereocenters. The number of aryl methyl sites for hydroxylation is 1. The molecule has 2 amide bonds. The average Bonchev–Trinajstić information content (AvgIpc) is 3.16. The molecule has 0 fully saturated rings. The molecule has 0 radical (unpaired) electrons. The summed E-state index contributed by atoms with van der Waals surface area (Å²) >= 11 is 0. The molecule has 0 saturated carbocycles. The van der Waals surface area contributed by atoms with Gasteiger partial charge in [-0.3, -0.25) is 14.4 Å². The number of carboxylic acid groups (broad SMARTS) is 1. The lowest BCUT2D eigenvalue weighted by Crippen LogP contribution is -2.50. The predicted molar refractivity (Wildman–Crippen MR) is 124 cm³/mol. The first-order valence-corrected chi connectivity index (χ1v) is 11.6. The molecule has 4 rings (SSSR count). The summed E-state index contributed by atoms with van der Waals surface area (Å²) in [4.78, 5) is 51.0. The number of carboxylic acids is 1. The Morgan fingerprint density at radius 1 is 1.15 bits per heavy atom. The van der Waals surface area contributed by atoms with Crippen LogP contribution in [-0.2, 0) is 32.1 Å². The number of aromatic nitrogens is 1. The number of carbonyl (C=O) groups is 4. The summed E-state index contributed by atoms with van der Waals surface area (Å²) < 4.78 is 1.92. The minimum Gasteiger partial charge on any atom is -0.479 e. The van der Waals surface area contributed by atoms with Crippen LogP contribution >= 0.6 is 0 Å². The second kappa shape index (κ2) is 9.80. The van der Waals surface area contributed by atoms with Gasteiger partial charge in [-0.2, -0.15) is 0 Å². The molecule has 9 nitrogen and oxygen atoms in total. The van der Waals surface area contributed by atoms with Crippen LogP contribution in [0.2, 0.25) is 0 Å². The molecule has 9 heteroatoms. The first-order valence-electron chi connectivity index (χ1n) is 11.6.